The van der Waals surface area contributed by atoms with Crippen molar-refractivity contribution in [3.8, 4) is 17.6 Å². The zero-order valence-corrected chi connectivity index (χ0v) is 15.4. The van der Waals surface area contributed by atoms with Crippen molar-refractivity contribution in [3.63, 3.8) is 0 Å². The third-order valence-corrected chi connectivity index (χ3v) is 4.29. The highest BCUT2D eigenvalue weighted by Gasteiger charge is 2.16. The third-order valence-electron chi connectivity index (χ3n) is 4.29. The molecule has 0 saturated heterocycles. The van der Waals surface area contributed by atoms with Gasteiger partial charge in [0.2, 0.25) is 5.91 Å². The number of hydrogen-bond acceptors (Lipinski definition) is 5. The molecule has 0 radical (unpaired) electrons. The van der Waals surface area contributed by atoms with Gasteiger partial charge in [-0.3, -0.25) is 4.79 Å². The number of nitriles is 1. The largest absolute Gasteiger partial charge is 0.493 e. The smallest absolute Gasteiger partial charge is 0.228 e. The lowest BCUT2D eigenvalue weighted by atomic mass is 10.2. The highest BCUT2D eigenvalue weighted by atomic mass is 16.5. The first-order chi connectivity index (χ1) is 14.2. The second-order valence-electron chi connectivity index (χ2n) is 6.25. The number of carbonyl (C=O) groups is 1. The Kier molecular flexibility index (Phi) is 5.16. The van der Waals surface area contributed by atoms with Gasteiger partial charge in [0.15, 0.2) is 11.6 Å². The molecule has 0 aliphatic rings. The SMILES string of the molecule is N#Cc1cnn(-c2ccc3ccccc3n2)c1NC(=O)CCOc1ccccc1. The van der Waals surface area contributed by atoms with Crippen LogP contribution >= 0.6 is 0 Å². The maximum absolute atomic E-state index is 12.4. The number of rotatable bonds is 6. The van der Waals surface area contributed by atoms with Crippen molar-refractivity contribution in [3.05, 3.63) is 78.5 Å². The highest BCUT2D eigenvalue weighted by molar-refractivity contribution is 5.91. The van der Waals surface area contributed by atoms with E-state index >= 15 is 0 Å². The predicted molar refractivity (Wildman–Crippen MR) is 109 cm³/mol. The lowest BCUT2D eigenvalue weighted by Crippen LogP contribution is -2.18. The number of para-hydroxylation sites is 2. The molecule has 2 aromatic heterocycles. The van der Waals surface area contributed by atoms with Crippen molar-refractivity contribution in [1.29, 1.82) is 5.26 Å². The van der Waals surface area contributed by atoms with E-state index in [4.69, 9.17) is 4.74 Å². The summed E-state index contributed by atoms with van der Waals surface area (Å²) in [6.07, 6.45) is 1.54. The summed E-state index contributed by atoms with van der Waals surface area (Å²) in [6, 6.07) is 22.7. The molecular formula is C22H17N5O2. The van der Waals surface area contributed by atoms with Crippen molar-refractivity contribution in [1.82, 2.24) is 14.8 Å². The molecule has 0 aliphatic carbocycles. The molecule has 2 heterocycles. The highest BCUT2D eigenvalue weighted by Crippen LogP contribution is 2.21. The summed E-state index contributed by atoms with van der Waals surface area (Å²) in [6.45, 7) is 0.222. The Bertz CT molecular complexity index is 1190. The molecule has 4 rings (SSSR count). The first-order valence-corrected chi connectivity index (χ1v) is 9.06. The van der Waals surface area contributed by atoms with Crippen LogP contribution in [0.25, 0.3) is 16.7 Å². The fourth-order valence-electron chi connectivity index (χ4n) is 2.87. The fraction of sp³-hybridized carbons (Fsp3) is 0.0909. The summed E-state index contributed by atoms with van der Waals surface area (Å²) >= 11 is 0. The van der Waals surface area contributed by atoms with Crippen LogP contribution in [-0.4, -0.2) is 27.3 Å². The standard InChI is InChI=1S/C22H17N5O2/c23-14-17-15-24-27(20-11-10-16-6-4-5-9-19(16)25-20)22(17)26-21(28)12-13-29-18-7-2-1-3-8-18/h1-11,15H,12-13H2,(H,26,28). The Morgan fingerprint density at radius 2 is 1.86 bits per heavy atom. The fourth-order valence-corrected chi connectivity index (χ4v) is 2.87. The average Bonchev–Trinajstić information content (AvgIpc) is 3.16. The molecular weight excluding hydrogens is 366 g/mol. The van der Waals surface area contributed by atoms with E-state index in [0.717, 1.165) is 10.9 Å². The second-order valence-corrected chi connectivity index (χ2v) is 6.25. The van der Waals surface area contributed by atoms with E-state index in [2.05, 4.69) is 21.5 Å². The van der Waals surface area contributed by atoms with Crippen LogP contribution in [0.4, 0.5) is 5.82 Å². The molecule has 0 bridgehead atoms. The van der Waals surface area contributed by atoms with Crippen LogP contribution in [0.2, 0.25) is 0 Å². The number of aromatic nitrogens is 3. The molecule has 4 aromatic rings. The maximum Gasteiger partial charge on any atom is 0.228 e. The van der Waals surface area contributed by atoms with Crippen LogP contribution in [0, 0.1) is 11.3 Å². The summed E-state index contributed by atoms with van der Waals surface area (Å²) in [7, 11) is 0. The summed E-state index contributed by atoms with van der Waals surface area (Å²) < 4.78 is 7.01. The molecule has 7 nitrogen and oxygen atoms in total. The average molecular weight is 383 g/mol. The van der Waals surface area contributed by atoms with Gasteiger partial charge in [0.05, 0.1) is 24.7 Å². The Labute approximate surface area is 167 Å². The van der Waals surface area contributed by atoms with Crippen molar-refractivity contribution in [2.24, 2.45) is 0 Å². The van der Waals surface area contributed by atoms with E-state index in [-0.39, 0.29) is 24.5 Å². The van der Waals surface area contributed by atoms with Gasteiger partial charge < -0.3 is 10.1 Å². The minimum atomic E-state index is -0.278. The molecule has 7 heteroatoms. The number of fused-ring (bicyclic) bond motifs is 1. The van der Waals surface area contributed by atoms with Crippen molar-refractivity contribution < 1.29 is 9.53 Å². The van der Waals surface area contributed by atoms with Gasteiger partial charge in [0, 0.05) is 5.39 Å². The van der Waals surface area contributed by atoms with Gasteiger partial charge in [-0.2, -0.15) is 15.0 Å². The van der Waals surface area contributed by atoms with Gasteiger partial charge in [-0.15, -0.1) is 0 Å². The Balaban J connectivity index is 1.51. The van der Waals surface area contributed by atoms with E-state index in [0.29, 0.717) is 17.4 Å². The first kappa shape index (κ1) is 18.2. The van der Waals surface area contributed by atoms with Crippen LogP contribution in [0.3, 0.4) is 0 Å². The van der Waals surface area contributed by atoms with E-state index in [9.17, 15) is 10.1 Å². The molecule has 0 fully saturated rings. The predicted octanol–water partition coefficient (Wildman–Crippen LogP) is 3.70. The number of ether oxygens (including phenoxy) is 1. The molecule has 1 amide bonds. The Morgan fingerprint density at radius 3 is 2.69 bits per heavy atom. The third kappa shape index (κ3) is 4.06. The van der Waals surface area contributed by atoms with Crippen LogP contribution in [-0.2, 0) is 4.79 Å². The molecule has 0 unspecified atom stereocenters. The van der Waals surface area contributed by atoms with Crippen LogP contribution in [0.15, 0.2) is 72.9 Å². The maximum atomic E-state index is 12.4. The van der Waals surface area contributed by atoms with E-state index < -0.39 is 0 Å². The molecule has 0 spiro atoms. The van der Waals surface area contributed by atoms with Gasteiger partial charge in [-0.25, -0.2) is 4.98 Å². The van der Waals surface area contributed by atoms with Gasteiger partial charge in [-0.1, -0.05) is 36.4 Å². The summed E-state index contributed by atoms with van der Waals surface area (Å²) in [5, 5.41) is 17.4. The van der Waals surface area contributed by atoms with Crippen LogP contribution < -0.4 is 10.1 Å². The number of benzene rings is 2. The number of nitrogens with one attached hydrogen (secondary N) is 1. The first-order valence-electron chi connectivity index (χ1n) is 9.06. The summed E-state index contributed by atoms with van der Waals surface area (Å²) in [4.78, 5) is 17.0. The molecule has 29 heavy (non-hydrogen) atoms. The molecule has 0 atom stereocenters. The van der Waals surface area contributed by atoms with Gasteiger partial charge in [0.1, 0.15) is 17.4 Å². The van der Waals surface area contributed by atoms with Crippen molar-refractivity contribution >= 4 is 22.6 Å². The van der Waals surface area contributed by atoms with Crippen LogP contribution in [0.5, 0.6) is 5.75 Å². The zero-order valence-electron chi connectivity index (χ0n) is 15.4. The Morgan fingerprint density at radius 1 is 1.07 bits per heavy atom. The number of amides is 1. The molecule has 142 valence electrons. The van der Waals surface area contributed by atoms with Crippen molar-refractivity contribution in [2.45, 2.75) is 6.42 Å². The molecule has 0 saturated carbocycles. The lowest BCUT2D eigenvalue weighted by Gasteiger charge is -2.10. The minimum Gasteiger partial charge on any atom is -0.493 e. The number of nitrogens with zero attached hydrogens (tertiary/aromatic N) is 4. The van der Waals surface area contributed by atoms with Gasteiger partial charge in [0.25, 0.3) is 0 Å². The van der Waals surface area contributed by atoms with E-state index in [1.807, 2.05) is 60.7 Å². The molecule has 1 N–H and O–H groups in total. The number of carbonyl (C=O) groups excluding carboxylic acids is 1. The van der Waals surface area contributed by atoms with E-state index in [1.165, 1.54) is 10.9 Å². The van der Waals surface area contributed by atoms with Gasteiger partial charge in [-0.05, 0) is 30.3 Å². The topological polar surface area (TPSA) is 92.8 Å². The number of pyridine rings is 1. The monoisotopic (exact) mass is 383 g/mol. The number of anilines is 1. The van der Waals surface area contributed by atoms with E-state index in [1.54, 1.807) is 6.07 Å². The summed E-state index contributed by atoms with van der Waals surface area (Å²) in [5.41, 5.74) is 1.06. The second kappa shape index (κ2) is 8.23. The number of hydrogen-bond donors (Lipinski definition) is 1. The normalized spacial score (nSPS) is 10.4. The van der Waals surface area contributed by atoms with Gasteiger partial charge >= 0.3 is 0 Å². The summed E-state index contributed by atoms with van der Waals surface area (Å²) in [5.74, 6) is 1.23. The molecule has 0 aliphatic heterocycles. The zero-order chi connectivity index (χ0) is 20.1. The minimum absolute atomic E-state index is 0.135. The Hall–Kier alpha value is -4.18. The molecule has 2 aromatic carbocycles. The lowest BCUT2D eigenvalue weighted by molar-refractivity contribution is -0.116. The van der Waals surface area contributed by atoms with Crippen LogP contribution in [0.1, 0.15) is 12.0 Å². The quantitative estimate of drug-likeness (QED) is 0.548. The van der Waals surface area contributed by atoms with Crippen molar-refractivity contribution in [2.75, 3.05) is 11.9 Å².